The summed E-state index contributed by atoms with van der Waals surface area (Å²) in [5.41, 5.74) is 4.85. The SMILES string of the molecule is CCOC(=O)C(F)(F)[C@H](N)c1cccc2c1OC(F)(F)O2. The van der Waals surface area contributed by atoms with Gasteiger partial charge in [0.15, 0.2) is 11.5 Å². The van der Waals surface area contributed by atoms with E-state index in [0.717, 1.165) is 12.1 Å². The average molecular weight is 309 g/mol. The Kier molecular flexibility index (Phi) is 3.70. The van der Waals surface area contributed by atoms with Gasteiger partial charge in [-0.2, -0.15) is 8.78 Å². The van der Waals surface area contributed by atoms with E-state index in [2.05, 4.69) is 14.2 Å². The van der Waals surface area contributed by atoms with Crippen LogP contribution in [-0.2, 0) is 9.53 Å². The molecule has 0 bridgehead atoms. The highest BCUT2D eigenvalue weighted by Gasteiger charge is 2.51. The van der Waals surface area contributed by atoms with Crippen LogP contribution in [0.15, 0.2) is 18.2 Å². The summed E-state index contributed by atoms with van der Waals surface area (Å²) in [7, 11) is 0. The molecule has 0 saturated heterocycles. The van der Waals surface area contributed by atoms with Gasteiger partial charge in [0.05, 0.1) is 6.61 Å². The Morgan fingerprint density at radius 3 is 2.71 bits per heavy atom. The Bertz CT molecular complexity index is 564. The standard InChI is InChI=1S/C12H11F4NO4/c1-2-19-10(18)11(13,14)9(17)6-4-3-5-7-8(6)21-12(15,16)20-7/h3-5,9H,2,17H2,1H3/t9-/m1/s1. The molecule has 2 rings (SSSR count). The quantitative estimate of drug-likeness (QED) is 0.682. The number of para-hydroxylation sites is 1. The van der Waals surface area contributed by atoms with Gasteiger partial charge in [0.25, 0.3) is 0 Å². The number of carbonyl (C=O) groups is 1. The minimum absolute atomic E-state index is 0.272. The maximum atomic E-state index is 13.9. The monoisotopic (exact) mass is 309 g/mol. The van der Waals surface area contributed by atoms with Gasteiger partial charge in [-0.3, -0.25) is 0 Å². The maximum absolute atomic E-state index is 13.9. The summed E-state index contributed by atoms with van der Waals surface area (Å²) >= 11 is 0. The van der Waals surface area contributed by atoms with Crippen LogP contribution in [0.3, 0.4) is 0 Å². The van der Waals surface area contributed by atoms with Crippen molar-refractivity contribution in [3.63, 3.8) is 0 Å². The fraction of sp³-hybridized carbons (Fsp3) is 0.417. The van der Waals surface area contributed by atoms with Crippen LogP contribution in [0.2, 0.25) is 0 Å². The highest BCUT2D eigenvalue weighted by Crippen LogP contribution is 2.47. The number of nitrogens with two attached hydrogens (primary N) is 1. The minimum atomic E-state index is -4.10. The molecule has 1 atom stereocenters. The van der Waals surface area contributed by atoms with E-state index < -0.39 is 41.3 Å². The lowest BCUT2D eigenvalue weighted by molar-refractivity contribution is -0.287. The molecule has 0 spiro atoms. The zero-order chi connectivity index (χ0) is 15.8. The zero-order valence-corrected chi connectivity index (χ0v) is 10.7. The van der Waals surface area contributed by atoms with E-state index in [9.17, 15) is 22.4 Å². The normalized spacial score (nSPS) is 17.4. The largest absolute Gasteiger partial charge is 0.586 e. The molecule has 0 aromatic heterocycles. The first kappa shape index (κ1) is 15.4. The zero-order valence-electron chi connectivity index (χ0n) is 10.7. The molecule has 5 nitrogen and oxygen atoms in total. The Hall–Kier alpha value is -2.03. The van der Waals surface area contributed by atoms with Gasteiger partial charge in [-0.15, -0.1) is 8.78 Å². The highest BCUT2D eigenvalue weighted by molar-refractivity contribution is 5.79. The van der Waals surface area contributed by atoms with Crippen molar-refractivity contribution >= 4 is 5.97 Å². The van der Waals surface area contributed by atoms with Crippen LogP contribution in [0.5, 0.6) is 11.5 Å². The van der Waals surface area contributed by atoms with Gasteiger partial charge in [0, 0.05) is 5.56 Å². The minimum Gasteiger partial charge on any atom is -0.462 e. The molecule has 1 aliphatic rings. The van der Waals surface area contributed by atoms with Crippen molar-refractivity contribution < 1.29 is 36.6 Å². The number of hydrogen-bond donors (Lipinski definition) is 1. The van der Waals surface area contributed by atoms with Gasteiger partial charge < -0.3 is 19.9 Å². The molecule has 21 heavy (non-hydrogen) atoms. The Morgan fingerprint density at radius 2 is 2.10 bits per heavy atom. The number of alkyl halides is 4. The summed E-state index contributed by atoms with van der Waals surface area (Å²) < 4.78 is 66.2. The summed E-state index contributed by atoms with van der Waals surface area (Å²) in [5, 5.41) is 0. The Morgan fingerprint density at radius 1 is 1.43 bits per heavy atom. The molecule has 2 N–H and O–H groups in total. The number of benzene rings is 1. The third-order valence-corrected chi connectivity index (χ3v) is 2.73. The molecule has 0 saturated carbocycles. The number of rotatable bonds is 4. The molecule has 0 fully saturated rings. The molecule has 1 aromatic carbocycles. The van der Waals surface area contributed by atoms with Crippen LogP contribution in [-0.4, -0.2) is 24.8 Å². The third kappa shape index (κ3) is 2.73. The lowest BCUT2D eigenvalue weighted by atomic mass is 10.00. The van der Waals surface area contributed by atoms with Crippen LogP contribution in [0.25, 0.3) is 0 Å². The molecule has 1 aromatic rings. The highest BCUT2D eigenvalue weighted by atomic mass is 19.3. The third-order valence-electron chi connectivity index (χ3n) is 2.73. The van der Waals surface area contributed by atoms with Crippen molar-refractivity contribution in [2.75, 3.05) is 6.61 Å². The van der Waals surface area contributed by atoms with E-state index in [-0.39, 0.29) is 6.61 Å². The second-order valence-electron chi connectivity index (χ2n) is 4.16. The van der Waals surface area contributed by atoms with Gasteiger partial charge >= 0.3 is 18.2 Å². The van der Waals surface area contributed by atoms with E-state index in [0.29, 0.717) is 0 Å². The first-order valence-electron chi connectivity index (χ1n) is 5.88. The second kappa shape index (κ2) is 5.06. The number of ether oxygens (including phenoxy) is 3. The van der Waals surface area contributed by atoms with E-state index >= 15 is 0 Å². The molecule has 0 amide bonds. The van der Waals surface area contributed by atoms with E-state index in [1.165, 1.54) is 13.0 Å². The molecule has 0 unspecified atom stereocenters. The van der Waals surface area contributed by atoms with Crippen molar-refractivity contribution in [1.82, 2.24) is 0 Å². The van der Waals surface area contributed by atoms with Crippen molar-refractivity contribution in [1.29, 1.82) is 0 Å². The predicted octanol–water partition coefficient (Wildman–Crippen LogP) is 2.21. The van der Waals surface area contributed by atoms with Crippen LogP contribution in [0.1, 0.15) is 18.5 Å². The van der Waals surface area contributed by atoms with Gasteiger partial charge in [-0.1, -0.05) is 12.1 Å². The summed E-state index contributed by atoms with van der Waals surface area (Å²) in [6, 6.07) is 1.11. The summed E-state index contributed by atoms with van der Waals surface area (Å²) in [6.45, 7) is 1.07. The summed E-state index contributed by atoms with van der Waals surface area (Å²) in [5.74, 6) is -7.01. The molecule has 0 radical (unpaired) electrons. The van der Waals surface area contributed by atoms with E-state index in [4.69, 9.17) is 5.73 Å². The molecule has 116 valence electrons. The van der Waals surface area contributed by atoms with E-state index in [1.807, 2.05) is 0 Å². The number of carbonyl (C=O) groups excluding carboxylic acids is 1. The van der Waals surface area contributed by atoms with Crippen LogP contribution in [0.4, 0.5) is 17.6 Å². The molecule has 1 aliphatic heterocycles. The van der Waals surface area contributed by atoms with Gasteiger partial charge in [-0.05, 0) is 13.0 Å². The first-order valence-corrected chi connectivity index (χ1v) is 5.88. The van der Waals surface area contributed by atoms with Crippen molar-refractivity contribution in [3.8, 4) is 11.5 Å². The number of hydrogen-bond acceptors (Lipinski definition) is 5. The predicted molar refractivity (Wildman–Crippen MR) is 61.2 cm³/mol. The fourth-order valence-electron chi connectivity index (χ4n) is 1.78. The number of fused-ring (bicyclic) bond motifs is 1. The summed E-state index contributed by atoms with van der Waals surface area (Å²) in [6.07, 6.45) is -3.97. The smallest absolute Gasteiger partial charge is 0.462 e. The van der Waals surface area contributed by atoms with Crippen molar-refractivity contribution in [2.24, 2.45) is 5.73 Å². The average Bonchev–Trinajstić information content (AvgIpc) is 2.71. The number of esters is 1. The number of halogens is 4. The molecular weight excluding hydrogens is 298 g/mol. The van der Waals surface area contributed by atoms with Crippen LogP contribution in [0, 0.1) is 0 Å². The van der Waals surface area contributed by atoms with Gasteiger partial charge in [0.2, 0.25) is 0 Å². The first-order chi connectivity index (χ1) is 9.69. The molecule has 9 heteroatoms. The molecular formula is C12H11F4NO4. The lowest BCUT2D eigenvalue weighted by Crippen LogP contribution is -2.42. The van der Waals surface area contributed by atoms with Crippen LogP contribution >= 0.6 is 0 Å². The topological polar surface area (TPSA) is 70.8 Å². The van der Waals surface area contributed by atoms with E-state index in [1.54, 1.807) is 0 Å². The van der Waals surface area contributed by atoms with Crippen LogP contribution < -0.4 is 15.2 Å². The lowest BCUT2D eigenvalue weighted by Gasteiger charge is -2.22. The van der Waals surface area contributed by atoms with Crippen molar-refractivity contribution in [2.45, 2.75) is 25.2 Å². The van der Waals surface area contributed by atoms with Gasteiger partial charge in [-0.25, -0.2) is 4.79 Å². The molecule has 1 heterocycles. The molecule has 0 aliphatic carbocycles. The second-order valence-corrected chi connectivity index (χ2v) is 4.16. The van der Waals surface area contributed by atoms with Crippen molar-refractivity contribution in [3.05, 3.63) is 23.8 Å². The Balaban J connectivity index is 2.36. The van der Waals surface area contributed by atoms with Gasteiger partial charge in [0.1, 0.15) is 6.04 Å². The Labute approximate surface area is 116 Å². The summed E-state index contributed by atoms with van der Waals surface area (Å²) in [4.78, 5) is 11.2. The fourth-order valence-corrected chi connectivity index (χ4v) is 1.78. The maximum Gasteiger partial charge on any atom is 0.586 e.